The minimum atomic E-state index is -0.331. The van der Waals surface area contributed by atoms with Crippen molar-refractivity contribution in [2.75, 3.05) is 11.4 Å². The minimum Gasteiger partial charge on any atom is -0.364 e. The predicted octanol–water partition coefficient (Wildman–Crippen LogP) is 3.20. The van der Waals surface area contributed by atoms with Crippen LogP contribution in [-0.4, -0.2) is 24.7 Å². The summed E-state index contributed by atoms with van der Waals surface area (Å²) >= 11 is 0. The molecule has 2 unspecified atom stereocenters. The maximum Gasteiger partial charge on any atom is 0.124 e. The lowest BCUT2D eigenvalue weighted by molar-refractivity contribution is 0.356. The first-order valence-electron chi connectivity index (χ1n) is 7.94. The molecular formula is C17H22FN3. The fourth-order valence-corrected chi connectivity index (χ4v) is 3.91. The Hall–Kier alpha value is -1.60. The zero-order valence-corrected chi connectivity index (χ0v) is 12.5. The predicted molar refractivity (Wildman–Crippen MR) is 81.7 cm³/mol. The van der Waals surface area contributed by atoms with Crippen molar-refractivity contribution >= 4 is 5.69 Å². The molecule has 2 atom stereocenters. The van der Waals surface area contributed by atoms with Crippen LogP contribution in [0.5, 0.6) is 0 Å². The van der Waals surface area contributed by atoms with Crippen LogP contribution in [0.1, 0.15) is 44.6 Å². The lowest BCUT2D eigenvalue weighted by Crippen LogP contribution is -2.49. The highest BCUT2D eigenvalue weighted by Crippen LogP contribution is 2.40. The fraction of sp³-hybridized carbons (Fsp3) is 0.588. The van der Waals surface area contributed by atoms with Gasteiger partial charge < -0.3 is 10.2 Å². The third-order valence-electron chi connectivity index (χ3n) is 4.77. The van der Waals surface area contributed by atoms with Crippen LogP contribution in [0.4, 0.5) is 10.1 Å². The lowest BCUT2D eigenvalue weighted by Gasteiger charge is -2.41. The largest absolute Gasteiger partial charge is 0.364 e. The second-order valence-corrected chi connectivity index (χ2v) is 6.19. The van der Waals surface area contributed by atoms with Gasteiger partial charge in [-0.25, -0.2) is 4.39 Å². The smallest absolute Gasteiger partial charge is 0.124 e. The van der Waals surface area contributed by atoms with E-state index < -0.39 is 0 Å². The molecule has 2 aliphatic heterocycles. The fourth-order valence-electron chi connectivity index (χ4n) is 3.91. The molecule has 0 radical (unpaired) electrons. The summed E-state index contributed by atoms with van der Waals surface area (Å²) in [6, 6.07) is 8.31. The van der Waals surface area contributed by atoms with E-state index in [4.69, 9.17) is 0 Å². The van der Waals surface area contributed by atoms with Crippen molar-refractivity contribution in [1.82, 2.24) is 5.32 Å². The zero-order valence-electron chi connectivity index (χ0n) is 12.5. The molecule has 3 rings (SSSR count). The van der Waals surface area contributed by atoms with Gasteiger partial charge in [-0.05, 0) is 56.8 Å². The van der Waals surface area contributed by atoms with Crippen molar-refractivity contribution in [3.63, 3.8) is 0 Å². The number of fused-ring (bicyclic) bond motifs is 2. The zero-order chi connectivity index (χ0) is 14.8. The van der Waals surface area contributed by atoms with Gasteiger partial charge in [-0.1, -0.05) is 6.92 Å². The Labute approximate surface area is 125 Å². The summed E-state index contributed by atoms with van der Waals surface area (Å²) in [7, 11) is 0. The number of hydrogen-bond acceptors (Lipinski definition) is 3. The molecule has 0 spiro atoms. The number of benzene rings is 1. The molecule has 2 heterocycles. The molecule has 2 fully saturated rings. The number of halogens is 1. The van der Waals surface area contributed by atoms with Crippen LogP contribution in [0.15, 0.2) is 18.2 Å². The van der Waals surface area contributed by atoms with E-state index in [1.165, 1.54) is 25.0 Å². The molecule has 112 valence electrons. The highest BCUT2D eigenvalue weighted by atomic mass is 19.1. The topological polar surface area (TPSA) is 39.1 Å². The van der Waals surface area contributed by atoms with Crippen molar-refractivity contribution in [3.05, 3.63) is 29.6 Å². The molecule has 21 heavy (non-hydrogen) atoms. The van der Waals surface area contributed by atoms with Crippen LogP contribution < -0.4 is 10.2 Å². The molecule has 1 aromatic rings. The quantitative estimate of drug-likeness (QED) is 0.924. The number of piperidine rings is 1. The van der Waals surface area contributed by atoms with E-state index in [-0.39, 0.29) is 5.82 Å². The lowest BCUT2D eigenvalue weighted by atomic mass is 9.95. The van der Waals surface area contributed by atoms with Gasteiger partial charge in [0.1, 0.15) is 11.9 Å². The van der Waals surface area contributed by atoms with E-state index in [0.717, 1.165) is 31.5 Å². The van der Waals surface area contributed by atoms with Crippen LogP contribution in [0.2, 0.25) is 0 Å². The van der Waals surface area contributed by atoms with Gasteiger partial charge in [0.25, 0.3) is 0 Å². The molecule has 2 aliphatic rings. The molecule has 0 aliphatic carbocycles. The van der Waals surface area contributed by atoms with E-state index in [2.05, 4.69) is 23.2 Å². The van der Waals surface area contributed by atoms with Gasteiger partial charge in [-0.2, -0.15) is 5.26 Å². The Morgan fingerprint density at radius 3 is 2.67 bits per heavy atom. The third-order valence-corrected chi connectivity index (χ3v) is 4.77. The number of hydrogen-bond donors (Lipinski definition) is 1. The molecule has 0 aromatic heterocycles. The molecular weight excluding hydrogens is 265 g/mol. The van der Waals surface area contributed by atoms with Gasteiger partial charge in [-0.15, -0.1) is 0 Å². The molecule has 0 amide bonds. The van der Waals surface area contributed by atoms with Crippen LogP contribution in [0.3, 0.4) is 0 Å². The second kappa shape index (κ2) is 6.03. The average molecular weight is 287 g/mol. The number of nitrogens with zero attached hydrogens (tertiary/aromatic N) is 2. The Kier molecular flexibility index (Phi) is 4.12. The first kappa shape index (κ1) is 14.3. The molecule has 1 aromatic carbocycles. The molecule has 1 N–H and O–H groups in total. The van der Waals surface area contributed by atoms with Crippen LogP contribution in [0, 0.1) is 17.1 Å². The summed E-state index contributed by atoms with van der Waals surface area (Å²) in [5.74, 6) is -0.331. The summed E-state index contributed by atoms with van der Waals surface area (Å²) in [4.78, 5) is 2.38. The second-order valence-electron chi connectivity index (χ2n) is 6.19. The van der Waals surface area contributed by atoms with Crippen molar-refractivity contribution in [1.29, 1.82) is 5.26 Å². The number of nitrogens with one attached hydrogen (secondary N) is 1. The van der Waals surface area contributed by atoms with Crippen molar-refractivity contribution < 1.29 is 4.39 Å². The van der Waals surface area contributed by atoms with Gasteiger partial charge in [0.2, 0.25) is 0 Å². The molecule has 2 bridgehead atoms. The first-order chi connectivity index (χ1) is 10.2. The number of nitriles is 1. The van der Waals surface area contributed by atoms with E-state index >= 15 is 0 Å². The SMILES string of the molecule is CCCNC1CC2CCC(C1)N2c1ccc(F)cc1C#N. The third kappa shape index (κ3) is 2.75. The minimum absolute atomic E-state index is 0.331. The van der Waals surface area contributed by atoms with Gasteiger partial charge in [-0.3, -0.25) is 0 Å². The molecule has 0 saturated carbocycles. The average Bonchev–Trinajstić information content (AvgIpc) is 2.75. The maximum absolute atomic E-state index is 13.3. The van der Waals surface area contributed by atoms with Crippen LogP contribution in [0.25, 0.3) is 0 Å². The van der Waals surface area contributed by atoms with Crippen molar-refractivity contribution in [3.8, 4) is 6.07 Å². The number of rotatable bonds is 4. The maximum atomic E-state index is 13.3. The van der Waals surface area contributed by atoms with Gasteiger partial charge >= 0.3 is 0 Å². The summed E-state index contributed by atoms with van der Waals surface area (Å²) in [5.41, 5.74) is 1.38. The Morgan fingerprint density at radius 2 is 2.05 bits per heavy atom. The highest BCUT2D eigenvalue weighted by molar-refractivity contribution is 5.61. The van der Waals surface area contributed by atoms with Crippen LogP contribution >= 0.6 is 0 Å². The van der Waals surface area contributed by atoms with E-state index in [1.54, 1.807) is 6.07 Å². The highest BCUT2D eigenvalue weighted by Gasteiger charge is 2.41. The van der Waals surface area contributed by atoms with Crippen molar-refractivity contribution in [2.45, 2.75) is 57.2 Å². The van der Waals surface area contributed by atoms with Crippen LogP contribution in [-0.2, 0) is 0 Å². The number of anilines is 1. The van der Waals surface area contributed by atoms with Gasteiger partial charge in [0.05, 0.1) is 11.3 Å². The van der Waals surface area contributed by atoms with E-state index in [9.17, 15) is 9.65 Å². The van der Waals surface area contributed by atoms with Gasteiger partial charge in [0, 0.05) is 18.1 Å². The Bertz CT molecular complexity index is 537. The standard InChI is InChI=1S/C17H22FN3/c1-2-7-20-14-9-15-4-5-16(10-14)21(15)17-6-3-13(18)8-12(17)11-19/h3,6,8,14-16,20H,2,4-5,7,9-10H2,1H3. The van der Waals surface area contributed by atoms with E-state index in [1.807, 2.05) is 0 Å². The van der Waals surface area contributed by atoms with Crippen molar-refractivity contribution in [2.24, 2.45) is 0 Å². The normalized spacial score (nSPS) is 27.7. The monoisotopic (exact) mass is 287 g/mol. The summed E-state index contributed by atoms with van der Waals surface area (Å²) in [5, 5.41) is 12.9. The molecule has 3 nitrogen and oxygen atoms in total. The summed E-state index contributed by atoms with van der Waals surface area (Å²) in [6.45, 7) is 3.26. The summed E-state index contributed by atoms with van der Waals surface area (Å²) < 4.78 is 13.3. The van der Waals surface area contributed by atoms with E-state index in [0.29, 0.717) is 23.7 Å². The molecule has 2 saturated heterocycles. The Balaban J connectivity index is 1.81. The Morgan fingerprint density at radius 1 is 1.33 bits per heavy atom. The first-order valence-corrected chi connectivity index (χ1v) is 7.94. The molecule has 4 heteroatoms. The van der Waals surface area contributed by atoms with Gasteiger partial charge in [0.15, 0.2) is 0 Å². The summed E-state index contributed by atoms with van der Waals surface area (Å²) in [6.07, 6.45) is 5.76.